The van der Waals surface area contributed by atoms with Crippen molar-refractivity contribution in [1.29, 1.82) is 0 Å². The Kier molecular flexibility index (Phi) is 7.24. The van der Waals surface area contributed by atoms with Crippen LogP contribution in [0.5, 0.6) is 0 Å². The monoisotopic (exact) mass is 402 g/mol. The van der Waals surface area contributed by atoms with Crippen molar-refractivity contribution in [2.75, 3.05) is 33.2 Å². The van der Waals surface area contributed by atoms with Gasteiger partial charge in [0.05, 0.1) is 18.8 Å². The van der Waals surface area contributed by atoms with E-state index in [0.29, 0.717) is 12.5 Å². The smallest absolute Gasteiger partial charge is 0.208 e. The summed E-state index contributed by atoms with van der Waals surface area (Å²) in [5.74, 6) is 4.20. The van der Waals surface area contributed by atoms with Gasteiger partial charge in [-0.2, -0.15) is 5.10 Å². The molecule has 1 saturated heterocycles. The Labute approximate surface area is 173 Å². The third kappa shape index (κ3) is 5.79. The highest BCUT2D eigenvalue weighted by Gasteiger charge is 2.21. The molecule has 9 nitrogen and oxygen atoms in total. The van der Waals surface area contributed by atoms with Gasteiger partial charge in [-0.3, -0.25) is 14.6 Å². The van der Waals surface area contributed by atoms with E-state index < -0.39 is 0 Å². The highest BCUT2D eigenvalue weighted by atomic mass is 16.4. The van der Waals surface area contributed by atoms with Crippen LogP contribution in [0.2, 0.25) is 0 Å². The number of aliphatic imine (C=N–C) groups is 1. The number of likely N-dealkylation sites (tertiary alicyclic amines) is 1. The Balaban J connectivity index is 1.49. The number of rotatable bonds is 7. The summed E-state index contributed by atoms with van der Waals surface area (Å²) < 4.78 is 7.53. The van der Waals surface area contributed by atoms with E-state index in [9.17, 15) is 0 Å². The van der Waals surface area contributed by atoms with E-state index >= 15 is 0 Å². The van der Waals surface area contributed by atoms with E-state index in [2.05, 4.69) is 37.1 Å². The summed E-state index contributed by atoms with van der Waals surface area (Å²) in [6.45, 7) is 11.3. The lowest BCUT2D eigenvalue weighted by molar-refractivity contribution is 0.166. The van der Waals surface area contributed by atoms with Crippen LogP contribution in [-0.2, 0) is 20.1 Å². The fourth-order valence-corrected chi connectivity index (χ4v) is 3.56. The first-order valence-corrected chi connectivity index (χ1v) is 10.4. The van der Waals surface area contributed by atoms with Gasteiger partial charge in [0.25, 0.3) is 0 Å². The van der Waals surface area contributed by atoms with Gasteiger partial charge < -0.3 is 14.6 Å². The fourth-order valence-electron chi connectivity index (χ4n) is 3.56. The maximum Gasteiger partial charge on any atom is 0.208 e. The molecule has 0 atom stereocenters. The fraction of sp³-hybridized carbons (Fsp3) is 0.700. The van der Waals surface area contributed by atoms with E-state index in [-0.39, 0.29) is 0 Å². The molecule has 1 fully saturated rings. The van der Waals surface area contributed by atoms with Crippen LogP contribution in [0.1, 0.15) is 42.9 Å². The minimum Gasteiger partial charge on any atom is -0.444 e. The predicted molar refractivity (Wildman–Crippen MR) is 112 cm³/mol. The molecule has 9 heteroatoms. The van der Waals surface area contributed by atoms with Gasteiger partial charge in [-0.05, 0) is 52.6 Å². The van der Waals surface area contributed by atoms with Gasteiger partial charge in [-0.25, -0.2) is 9.97 Å². The first-order chi connectivity index (χ1) is 14.0. The molecule has 3 rings (SSSR count). The molecular weight excluding hydrogens is 368 g/mol. The highest BCUT2D eigenvalue weighted by molar-refractivity contribution is 5.79. The molecule has 2 aromatic rings. The van der Waals surface area contributed by atoms with Gasteiger partial charge in [0, 0.05) is 27.2 Å². The van der Waals surface area contributed by atoms with Crippen molar-refractivity contribution in [2.24, 2.45) is 18.0 Å². The molecule has 2 aromatic heterocycles. The van der Waals surface area contributed by atoms with E-state index in [4.69, 9.17) is 9.41 Å². The van der Waals surface area contributed by atoms with E-state index in [1.807, 2.05) is 27.9 Å². The van der Waals surface area contributed by atoms with Crippen LogP contribution in [0.4, 0.5) is 0 Å². The molecule has 0 amide bonds. The molecule has 0 unspecified atom stereocenters. The average molecular weight is 403 g/mol. The summed E-state index contributed by atoms with van der Waals surface area (Å²) in [7, 11) is 3.95. The quantitative estimate of drug-likeness (QED) is 0.557. The summed E-state index contributed by atoms with van der Waals surface area (Å²) in [5, 5.41) is 7.53. The van der Waals surface area contributed by atoms with Crippen LogP contribution in [-0.4, -0.2) is 68.7 Å². The molecular formula is C20H34N8O. The Morgan fingerprint density at radius 1 is 1.34 bits per heavy atom. The number of hydrogen-bond acceptors (Lipinski definition) is 6. The largest absolute Gasteiger partial charge is 0.444 e. The summed E-state index contributed by atoms with van der Waals surface area (Å²) in [5.41, 5.74) is 0.991. The van der Waals surface area contributed by atoms with Gasteiger partial charge in [0.2, 0.25) is 5.89 Å². The van der Waals surface area contributed by atoms with Crippen LogP contribution >= 0.6 is 0 Å². The van der Waals surface area contributed by atoms with Gasteiger partial charge >= 0.3 is 0 Å². The SMILES string of the molecule is CCNC(=NCC1CCN(Cc2nc(C)c(C)o2)CC1)N(C)Cc1ncnn1C. The molecule has 1 aliphatic heterocycles. The first kappa shape index (κ1) is 21.3. The van der Waals surface area contributed by atoms with Crippen molar-refractivity contribution >= 4 is 5.96 Å². The minimum atomic E-state index is 0.608. The second-order valence-corrected chi connectivity index (χ2v) is 7.82. The van der Waals surface area contributed by atoms with E-state index in [1.165, 1.54) is 0 Å². The lowest BCUT2D eigenvalue weighted by Crippen LogP contribution is -2.40. The molecule has 3 heterocycles. The topological polar surface area (TPSA) is 87.6 Å². The van der Waals surface area contributed by atoms with Crippen LogP contribution in [0.15, 0.2) is 15.7 Å². The van der Waals surface area contributed by atoms with Crippen LogP contribution < -0.4 is 5.32 Å². The minimum absolute atomic E-state index is 0.608. The lowest BCUT2D eigenvalue weighted by atomic mass is 9.97. The number of piperidine rings is 1. The summed E-state index contributed by atoms with van der Waals surface area (Å²) in [6, 6.07) is 0. The zero-order valence-electron chi connectivity index (χ0n) is 18.4. The zero-order chi connectivity index (χ0) is 20.8. The molecule has 1 aliphatic rings. The van der Waals surface area contributed by atoms with Gasteiger partial charge in [-0.1, -0.05) is 0 Å². The van der Waals surface area contributed by atoms with Gasteiger partial charge in [0.15, 0.2) is 5.96 Å². The molecule has 0 spiro atoms. The van der Waals surface area contributed by atoms with Crippen LogP contribution in [0.3, 0.4) is 0 Å². The zero-order valence-corrected chi connectivity index (χ0v) is 18.4. The third-order valence-electron chi connectivity index (χ3n) is 5.52. The molecule has 1 N–H and O–H groups in total. The number of aromatic nitrogens is 4. The number of nitrogens with zero attached hydrogens (tertiary/aromatic N) is 7. The third-order valence-corrected chi connectivity index (χ3v) is 5.52. The standard InChI is InChI=1S/C20H34N8O/c1-6-21-20(26(4)12-18-23-14-24-27(18)5)22-11-17-7-9-28(10-8-17)13-19-25-15(2)16(3)29-19/h14,17H,6-13H2,1-5H3,(H,21,22). The Bertz CT molecular complexity index is 784. The second-order valence-electron chi connectivity index (χ2n) is 7.82. The molecule has 0 bridgehead atoms. The van der Waals surface area contributed by atoms with Gasteiger partial charge in [-0.15, -0.1) is 0 Å². The van der Waals surface area contributed by atoms with Crippen molar-refractivity contribution in [3.8, 4) is 0 Å². The summed E-state index contributed by atoms with van der Waals surface area (Å²) >= 11 is 0. The maximum absolute atomic E-state index is 5.73. The Morgan fingerprint density at radius 2 is 2.10 bits per heavy atom. The van der Waals surface area contributed by atoms with Crippen molar-refractivity contribution in [2.45, 2.75) is 46.7 Å². The van der Waals surface area contributed by atoms with Crippen molar-refractivity contribution in [1.82, 2.24) is 34.9 Å². The number of hydrogen-bond donors (Lipinski definition) is 1. The molecule has 29 heavy (non-hydrogen) atoms. The van der Waals surface area contributed by atoms with Crippen LogP contribution in [0.25, 0.3) is 0 Å². The number of oxazole rings is 1. The number of aryl methyl sites for hydroxylation is 3. The van der Waals surface area contributed by atoms with E-state index in [1.54, 1.807) is 11.0 Å². The molecule has 0 aliphatic carbocycles. The predicted octanol–water partition coefficient (Wildman–Crippen LogP) is 1.73. The molecule has 160 valence electrons. The maximum atomic E-state index is 5.73. The van der Waals surface area contributed by atoms with Crippen molar-refractivity contribution < 1.29 is 4.42 Å². The molecule has 0 saturated carbocycles. The summed E-state index contributed by atoms with van der Waals surface area (Å²) in [6.07, 6.45) is 3.88. The van der Waals surface area contributed by atoms with Crippen LogP contribution in [0, 0.1) is 19.8 Å². The van der Waals surface area contributed by atoms with Crippen molar-refractivity contribution in [3.63, 3.8) is 0 Å². The van der Waals surface area contributed by atoms with Crippen molar-refractivity contribution in [3.05, 3.63) is 29.5 Å². The lowest BCUT2D eigenvalue weighted by Gasteiger charge is -2.30. The Hall–Kier alpha value is -2.42. The molecule has 0 radical (unpaired) electrons. The van der Waals surface area contributed by atoms with E-state index in [0.717, 1.165) is 74.7 Å². The Morgan fingerprint density at radius 3 is 2.69 bits per heavy atom. The highest BCUT2D eigenvalue weighted by Crippen LogP contribution is 2.20. The number of nitrogens with one attached hydrogen (secondary N) is 1. The normalized spacial score (nSPS) is 16.4. The number of guanidine groups is 1. The first-order valence-electron chi connectivity index (χ1n) is 10.4. The molecule has 0 aromatic carbocycles. The van der Waals surface area contributed by atoms with Gasteiger partial charge in [0.1, 0.15) is 17.9 Å². The summed E-state index contributed by atoms with van der Waals surface area (Å²) in [4.78, 5) is 18.2. The second kappa shape index (κ2) is 9.87. The average Bonchev–Trinajstić information content (AvgIpc) is 3.24.